The monoisotopic (exact) mass is 343 g/mol. The molecule has 3 N–H and O–H groups in total. The first-order chi connectivity index (χ1) is 11.6. The average Bonchev–Trinajstić information content (AvgIpc) is 2.94. The zero-order valence-corrected chi connectivity index (χ0v) is 13.7. The summed E-state index contributed by atoms with van der Waals surface area (Å²) in [7, 11) is 0. The molecule has 0 spiro atoms. The lowest BCUT2D eigenvalue weighted by Crippen LogP contribution is -2.44. The van der Waals surface area contributed by atoms with E-state index in [1.807, 2.05) is 48.5 Å². The standard InChI is InChI=1S/C18H18ClN3O2/c19-13-8-4-5-9-15(13)22-11-10-14(18(22)24)21-16(17(20)23)12-6-2-1-3-7-12/h1-9,14,16,21H,10-11H2,(H2,20,23)/t14-,16+/m1/s1. The highest BCUT2D eigenvalue weighted by Gasteiger charge is 2.35. The topological polar surface area (TPSA) is 75.4 Å². The summed E-state index contributed by atoms with van der Waals surface area (Å²) >= 11 is 6.18. The molecule has 1 aliphatic rings. The predicted octanol–water partition coefficient (Wildman–Crippen LogP) is 2.26. The SMILES string of the molecule is NC(=O)[C@@H](N[C@@H]1CCN(c2ccccc2Cl)C1=O)c1ccccc1. The van der Waals surface area contributed by atoms with Crippen LogP contribution in [0.5, 0.6) is 0 Å². The molecule has 124 valence electrons. The van der Waals surface area contributed by atoms with Crippen LogP contribution in [0.15, 0.2) is 54.6 Å². The lowest BCUT2D eigenvalue weighted by Gasteiger charge is -2.21. The molecule has 2 atom stereocenters. The molecule has 0 unspecified atom stereocenters. The number of amides is 2. The molecule has 0 aliphatic carbocycles. The Kier molecular flexibility index (Phi) is 4.83. The molecule has 0 bridgehead atoms. The molecule has 3 rings (SSSR count). The van der Waals surface area contributed by atoms with Gasteiger partial charge in [0.15, 0.2) is 0 Å². The third-order valence-corrected chi connectivity index (χ3v) is 4.45. The van der Waals surface area contributed by atoms with Gasteiger partial charge in [-0.05, 0) is 24.1 Å². The second-order valence-electron chi connectivity index (χ2n) is 5.70. The van der Waals surface area contributed by atoms with Crippen molar-refractivity contribution in [1.82, 2.24) is 5.32 Å². The van der Waals surface area contributed by atoms with E-state index in [9.17, 15) is 9.59 Å². The summed E-state index contributed by atoms with van der Waals surface area (Å²) in [5, 5.41) is 3.62. The minimum absolute atomic E-state index is 0.106. The number of anilines is 1. The van der Waals surface area contributed by atoms with Crippen molar-refractivity contribution in [3.8, 4) is 0 Å². The quantitative estimate of drug-likeness (QED) is 0.874. The first-order valence-electron chi connectivity index (χ1n) is 7.74. The Hall–Kier alpha value is -2.37. The van der Waals surface area contributed by atoms with Crippen LogP contribution >= 0.6 is 11.6 Å². The molecule has 1 aliphatic heterocycles. The molecule has 2 amide bonds. The van der Waals surface area contributed by atoms with Crippen molar-refractivity contribution in [3.63, 3.8) is 0 Å². The van der Waals surface area contributed by atoms with Crippen LogP contribution in [0.25, 0.3) is 0 Å². The Bertz CT molecular complexity index is 751. The maximum Gasteiger partial charge on any atom is 0.244 e. The zero-order valence-electron chi connectivity index (χ0n) is 13.0. The summed E-state index contributed by atoms with van der Waals surface area (Å²) in [5.74, 6) is -0.615. The molecular formula is C18H18ClN3O2. The molecule has 2 aromatic carbocycles. The fourth-order valence-corrected chi connectivity index (χ4v) is 3.17. The van der Waals surface area contributed by atoms with Crippen LogP contribution in [0.3, 0.4) is 0 Å². The van der Waals surface area contributed by atoms with Gasteiger partial charge in [0, 0.05) is 6.54 Å². The van der Waals surface area contributed by atoms with Gasteiger partial charge in [-0.1, -0.05) is 54.1 Å². The Morgan fingerprint density at radius 3 is 2.50 bits per heavy atom. The van der Waals surface area contributed by atoms with E-state index in [1.54, 1.807) is 11.0 Å². The number of para-hydroxylation sites is 1. The van der Waals surface area contributed by atoms with Crippen molar-refractivity contribution in [2.24, 2.45) is 5.73 Å². The van der Waals surface area contributed by atoms with Crippen LogP contribution in [0.2, 0.25) is 5.02 Å². The molecule has 0 aromatic heterocycles. The first-order valence-corrected chi connectivity index (χ1v) is 8.12. The largest absolute Gasteiger partial charge is 0.368 e. The minimum atomic E-state index is -0.702. The van der Waals surface area contributed by atoms with E-state index in [1.165, 1.54) is 0 Å². The molecule has 2 aromatic rings. The fourth-order valence-electron chi connectivity index (χ4n) is 2.93. The molecule has 0 radical (unpaired) electrons. The number of rotatable bonds is 5. The predicted molar refractivity (Wildman–Crippen MR) is 93.7 cm³/mol. The van der Waals surface area contributed by atoms with E-state index in [-0.39, 0.29) is 5.91 Å². The lowest BCUT2D eigenvalue weighted by atomic mass is 10.0. The summed E-state index contributed by atoms with van der Waals surface area (Å²) in [6.45, 7) is 0.542. The zero-order chi connectivity index (χ0) is 17.1. The summed E-state index contributed by atoms with van der Waals surface area (Å²) < 4.78 is 0. The third-order valence-electron chi connectivity index (χ3n) is 4.13. The number of nitrogens with two attached hydrogens (primary N) is 1. The van der Waals surface area contributed by atoms with Crippen LogP contribution in [-0.4, -0.2) is 24.4 Å². The Labute approximate surface area is 145 Å². The van der Waals surface area contributed by atoms with Crippen molar-refractivity contribution in [2.45, 2.75) is 18.5 Å². The van der Waals surface area contributed by atoms with E-state index in [2.05, 4.69) is 5.32 Å². The maximum absolute atomic E-state index is 12.7. The van der Waals surface area contributed by atoms with Crippen LogP contribution < -0.4 is 16.0 Å². The third kappa shape index (κ3) is 3.27. The van der Waals surface area contributed by atoms with Gasteiger partial charge in [0.1, 0.15) is 6.04 Å². The number of hydrogen-bond acceptors (Lipinski definition) is 3. The van der Waals surface area contributed by atoms with Crippen molar-refractivity contribution in [3.05, 3.63) is 65.2 Å². The normalized spacial score (nSPS) is 18.6. The molecular weight excluding hydrogens is 326 g/mol. The van der Waals surface area contributed by atoms with Gasteiger partial charge in [-0.3, -0.25) is 14.9 Å². The highest BCUT2D eigenvalue weighted by Crippen LogP contribution is 2.29. The number of hydrogen-bond donors (Lipinski definition) is 2. The number of primary amides is 1. The molecule has 1 fully saturated rings. The van der Waals surface area contributed by atoms with Crippen molar-refractivity contribution in [1.29, 1.82) is 0 Å². The second kappa shape index (κ2) is 7.03. The molecule has 1 heterocycles. The van der Waals surface area contributed by atoms with Gasteiger partial charge in [0.05, 0.1) is 16.8 Å². The van der Waals surface area contributed by atoms with E-state index in [4.69, 9.17) is 17.3 Å². The van der Waals surface area contributed by atoms with Crippen LogP contribution in [0.4, 0.5) is 5.69 Å². The Morgan fingerprint density at radius 2 is 1.83 bits per heavy atom. The van der Waals surface area contributed by atoms with Gasteiger partial charge in [-0.15, -0.1) is 0 Å². The Morgan fingerprint density at radius 1 is 1.17 bits per heavy atom. The second-order valence-corrected chi connectivity index (χ2v) is 6.10. The smallest absolute Gasteiger partial charge is 0.244 e. The minimum Gasteiger partial charge on any atom is -0.368 e. The van der Waals surface area contributed by atoms with Gasteiger partial charge in [0.25, 0.3) is 0 Å². The maximum atomic E-state index is 12.7. The van der Waals surface area contributed by atoms with Gasteiger partial charge in [-0.25, -0.2) is 0 Å². The molecule has 1 saturated heterocycles. The summed E-state index contributed by atoms with van der Waals surface area (Å²) in [5.41, 5.74) is 6.94. The van der Waals surface area contributed by atoms with Crippen LogP contribution in [0.1, 0.15) is 18.0 Å². The lowest BCUT2D eigenvalue weighted by molar-refractivity contribution is -0.121. The first kappa shape index (κ1) is 16.5. The number of nitrogens with zero attached hydrogens (tertiary/aromatic N) is 1. The molecule has 24 heavy (non-hydrogen) atoms. The number of nitrogens with one attached hydrogen (secondary N) is 1. The van der Waals surface area contributed by atoms with Crippen molar-refractivity contribution in [2.75, 3.05) is 11.4 Å². The average molecular weight is 344 g/mol. The molecule has 0 saturated carbocycles. The number of carbonyl (C=O) groups is 2. The summed E-state index contributed by atoms with van der Waals surface area (Å²) in [4.78, 5) is 26.2. The van der Waals surface area contributed by atoms with E-state index in [0.717, 1.165) is 5.56 Å². The summed E-state index contributed by atoms with van der Waals surface area (Å²) in [6.07, 6.45) is 0.584. The Balaban J connectivity index is 1.78. The van der Waals surface area contributed by atoms with Crippen LogP contribution in [0, 0.1) is 0 Å². The van der Waals surface area contributed by atoms with E-state index < -0.39 is 18.0 Å². The number of benzene rings is 2. The highest BCUT2D eigenvalue weighted by molar-refractivity contribution is 6.33. The number of halogens is 1. The van der Waals surface area contributed by atoms with E-state index in [0.29, 0.717) is 23.7 Å². The van der Waals surface area contributed by atoms with Crippen molar-refractivity contribution >= 4 is 29.1 Å². The van der Waals surface area contributed by atoms with E-state index >= 15 is 0 Å². The van der Waals surface area contributed by atoms with Gasteiger partial charge >= 0.3 is 0 Å². The van der Waals surface area contributed by atoms with Gasteiger partial charge in [0.2, 0.25) is 11.8 Å². The molecule has 5 nitrogen and oxygen atoms in total. The highest BCUT2D eigenvalue weighted by atomic mass is 35.5. The van der Waals surface area contributed by atoms with Gasteiger partial charge < -0.3 is 10.6 Å². The van der Waals surface area contributed by atoms with Gasteiger partial charge in [-0.2, -0.15) is 0 Å². The molecule has 6 heteroatoms. The van der Waals surface area contributed by atoms with Crippen molar-refractivity contribution < 1.29 is 9.59 Å². The van der Waals surface area contributed by atoms with Crippen LogP contribution in [-0.2, 0) is 9.59 Å². The fraction of sp³-hybridized carbons (Fsp3) is 0.222. The summed E-state index contributed by atoms with van der Waals surface area (Å²) in [6, 6.07) is 15.2. The number of carbonyl (C=O) groups excluding carboxylic acids is 2.